The van der Waals surface area contributed by atoms with E-state index in [1.807, 2.05) is 0 Å². The number of nitrogens with zero attached hydrogens (tertiary/aromatic N) is 2. The fraction of sp³-hybridized carbons (Fsp3) is 0.611. The molecule has 0 saturated carbocycles. The van der Waals surface area contributed by atoms with Crippen LogP contribution in [0, 0.1) is 5.92 Å². The standard InChI is InChI=1S/C18H27N2O2/c1-13(2)16-6-5-8-20(16)19-9-7-14-10-17(21-3)18(22-4)11-15(14)12-19/h10-13,16H,5-9H2,1-4H3/q+1/t16-/m0/s1. The Morgan fingerprint density at radius 3 is 2.59 bits per heavy atom. The highest BCUT2D eigenvalue weighted by Gasteiger charge is 2.35. The largest absolute Gasteiger partial charge is 0.493 e. The second kappa shape index (κ2) is 6.19. The molecule has 1 atom stereocenters. The van der Waals surface area contributed by atoms with E-state index < -0.39 is 0 Å². The van der Waals surface area contributed by atoms with Crippen LogP contribution in [-0.2, 0) is 6.42 Å². The topological polar surface area (TPSA) is 24.7 Å². The lowest BCUT2D eigenvalue weighted by Crippen LogP contribution is -2.44. The van der Waals surface area contributed by atoms with Gasteiger partial charge in [-0.05, 0) is 36.5 Å². The van der Waals surface area contributed by atoms with Crippen molar-refractivity contribution in [3.05, 3.63) is 23.3 Å². The van der Waals surface area contributed by atoms with Gasteiger partial charge >= 0.3 is 0 Å². The minimum atomic E-state index is 0.665. The van der Waals surface area contributed by atoms with E-state index in [9.17, 15) is 0 Å². The van der Waals surface area contributed by atoms with Gasteiger partial charge in [0.2, 0.25) is 6.21 Å². The summed E-state index contributed by atoms with van der Waals surface area (Å²) in [5, 5.41) is 2.56. The minimum absolute atomic E-state index is 0.665. The highest BCUT2D eigenvalue weighted by Crippen LogP contribution is 2.32. The summed E-state index contributed by atoms with van der Waals surface area (Å²) in [5.74, 6) is 2.33. The average Bonchev–Trinajstić information content (AvgIpc) is 3.02. The van der Waals surface area contributed by atoms with Crippen molar-refractivity contribution in [2.75, 3.05) is 27.3 Å². The first-order valence-electron chi connectivity index (χ1n) is 8.27. The summed E-state index contributed by atoms with van der Waals surface area (Å²) in [5.41, 5.74) is 2.59. The molecule has 3 rings (SSSR count). The van der Waals surface area contributed by atoms with E-state index in [1.54, 1.807) is 14.2 Å². The Balaban J connectivity index is 1.93. The number of rotatable bonds is 4. The summed E-state index contributed by atoms with van der Waals surface area (Å²) < 4.78 is 13.3. The van der Waals surface area contributed by atoms with Crippen molar-refractivity contribution in [3.8, 4) is 11.5 Å². The van der Waals surface area contributed by atoms with Crippen LogP contribution in [0.25, 0.3) is 0 Å². The molecular weight excluding hydrogens is 276 g/mol. The zero-order chi connectivity index (χ0) is 15.7. The Hall–Kier alpha value is -1.71. The van der Waals surface area contributed by atoms with E-state index in [1.165, 1.54) is 30.5 Å². The van der Waals surface area contributed by atoms with E-state index in [4.69, 9.17) is 9.47 Å². The molecule has 0 N–H and O–H groups in total. The fourth-order valence-corrected chi connectivity index (χ4v) is 3.71. The van der Waals surface area contributed by atoms with Crippen LogP contribution in [0.2, 0.25) is 0 Å². The van der Waals surface area contributed by atoms with Crippen LogP contribution in [0.4, 0.5) is 0 Å². The minimum Gasteiger partial charge on any atom is -0.493 e. The molecule has 0 bridgehead atoms. The molecule has 1 aromatic carbocycles. The highest BCUT2D eigenvalue weighted by molar-refractivity contribution is 5.80. The van der Waals surface area contributed by atoms with Gasteiger partial charge in [0.25, 0.3) is 0 Å². The van der Waals surface area contributed by atoms with Crippen molar-refractivity contribution in [2.45, 2.75) is 39.2 Å². The fourth-order valence-electron chi connectivity index (χ4n) is 3.71. The van der Waals surface area contributed by atoms with Gasteiger partial charge in [0.15, 0.2) is 18.0 Å². The van der Waals surface area contributed by atoms with Crippen molar-refractivity contribution in [3.63, 3.8) is 0 Å². The predicted molar refractivity (Wildman–Crippen MR) is 88.1 cm³/mol. The second-order valence-corrected chi connectivity index (χ2v) is 6.56. The first-order valence-corrected chi connectivity index (χ1v) is 8.27. The van der Waals surface area contributed by atoms with E-state index in [0.29, 0.717) is 12.0 Å². The Morgan fingerprint density at radius 1 is 1.18 bits per heavy atom. The second-order valence-electron chi connectivity index (χ2n) is 6.56. The van der Waals surface area contributed by atoms with E-state index in [2.05, 4.69) is 41.9 Å². The average molecular weight is 303 g/mol. The summed E-state index contributed by atoms with van der Waals surface area (Å²) in [7, 11) is 3.39. The van der Waals surface area contributed by atoms with Gasteiger partial charge in [-0.15, -0.1) is 4.68 Å². The Kier molecular flexibility index (Phi) is 4.27. The molecule has 22 heavy (non-hydrogen) atoms. The van der Waals surface area contributed by atoms with Crippen molar-refractivity contribution in [1.29, 1.82) is 0 Å². The maximum atomic E-state index is 5.45. The van der Waals surface area contributed by atoms with Gasteiger partial charge < -0.3 is 9.47 Å². The van der Waals surface area contributed by atoms with Crippen LogP contribution in [0.1, 0.15) is 37.8 Å². The van der Waals surface area contributed by atoms with Crippen LogP contribution in [0.3, 0.4) is 0 Å². The molecule has 0 unspecified atom stereocenters. The molecule has 1 fully saturated rings. The molecule has 120 valence electrons. The quantitative estimate of drug-likeness (QED) is 0.800. The molecule has 2 heterocycles. The number of hydrogen-bond donors (Lipinski definition) is 0. The lowest BCUT2D eigenvalue weighted by Gasteiger charge is -2.27. The van der Waals surface area contributed by atoms with E-state index in [-0.39, 0.29) is 0 Å². The number of hydrazone groups is 1. The number of ether oxygens (including phenoxy) is 2. The Bertz CT molecular complexity index is 581. The summed E-state index contributed by atoms with van der Waals surface area (Å²) >= 11 is 0. The number of benzene rings is 1. The highest BCUT2D eigenvalue weighted by atomic mass is 16.5. The molecule has 4 heteroatoms. The number of methoxy groups -OCH3 is 2. The molecular formula is C18H27N2O2+. The number of hydrazine groups is 1. The van der Waals surface area contributed by atoms with Crippen LogP contribution in [0.5, 0.6) is 11.5 Å². The molecule has 0 radical (unpaired) electrons. The van der Waals surface area contributed by atoms with Gasteiger partial charge in [0, 0.05) is 12.0 Å². The zero-order valence-corrected chi connectivity index (χ0v) is 14.1. The van der Waals surface area contributed by atoms with Gasteiger partial charge in [-0.2, -0.15) is 5.01 Å². The van der Waals surface area contributed by atoms with Crippen LogP contribution >= 0.6 is 0 Å². The van der Waals surface area contributed by atoms with Gasteiger partial charge in [0.05, 0.1) is 26.8 Å². The van der Waals surface area contributed by atoms with Gasteiger partial charge in [-0.1, -0.05) is 13.8 Å². The van der Waals surface area contributed by atoms with Crippen molar-refractivity contribution < 1.29 is 14.2 Å². The van der Waals surface area contributed by atoms with Crippen LogP contribution in [0.15, 0.2) is 12.1 Å². The molecule has 1 aromatic rings. The van der Waals surface area contributed by atoms with Gasteiger partial charge in [-0.25, -0.2) is 0 Å². The number of hydrogen-bond acceptors (Lipinski definition) is 3. The third-order valence-electron chi connectivity index (χ3n) is 4.91. The third kappa shape index (κ3) is 2.67. The van der Waals surface area contributed by atoms with Crippen molar-refractivity contribution in [1.82, 2.24) is 5.01 Å². The monoisotopic (exact) mass is 303 g/mol. The maximum absolute atomic E-state index is 5.45. The van der Waals surface area contributed by atoms with Crippen LogP contribution in [-0.4, -0.2) is 49.3 Å². The summed E-state index contributed by atoms with van der Waals surface area (Å²) in [6, 6.07) is 4.88. The molecule has 2 aliphatic rings. The molecule has 0 aromatic heterocycles. The lowest BCUT2D eigenvalue weighted by atomic mass is 10.0. The smallest absolute Gasteiger partial charge is 0.201 e. The molecule has 0 amide bonds. The SMILES string of the molecule is COc1cc2c(cc1OC)CC[N+](N1CCC[C@H]1C(C)C)=C2. The number of fused-ring (bicyclic) bond motifs is 1. The molecule has 2 aliphatic heterocycles. The Labute approximate surface area is 133 Å². The molecule has 1 saturated heterocycles. The van der Waals surface area contributed by atoms with Gasteiger partial charge in [0.1, 0.15) is 0 Å². The molecule has 0 aliphatic carbocycles. The maximum Gasteiger partial charge on any atom is 0.201 e. The summed E-state index contributed by atoms with van der Waals surface area (Å²) in [6.45, 7) is 6.87. The predicted octanol–water partition coefficient (Wildman–Crippen LogP) is 2.73. The van der Waals surface area contributed by atoms with Gasteiger partial charge in [-0.3, -0.25) is 0 Å². The lowest BCUT2D eigenvalue weighted by molar-refractivity contribution is -0.692. The first kappa shape index (κ1) is 15.2. The van der Waals surface area contributed by atoms with E-state index >= 15 is 0 Å². The zero-order valence-electron chi connectivity index (χ0n) is 14.1. The first-order chi connectivity index (χ1) is 10.6. The Morgan fingerprint density at radius 2 is 1.91 bits per heavy atom. The summed E-state index contributed by atoms with van der Waals surface area (Å²) in [6.07, 6.45) is 5.93. The van der Waals surface area contributed by atoms with Crippen molar-refractivity contribution in [2.24, 2.45) is 5.92 Å². The normalized spacial score (nSPS) is 20.9. The molecule has 0 spiro atoms. The third-order valence-corrected chi connectivity index (χ3v) is 4.91. The van der Waals surface area contributed by atoms with Crippen LogP contribution < -0.4 is 9.47 Å². The van der Waals surface area contributed by atoms with E-state index in [0.717, 1.165) is 24.5 Å². The molecule has 4 nitrogen and oxygen atoms in total. The van der Waals surface area contributed by atoms with Crippen molar-refractivity contribution >= 4 is 6.21 Å². The summed E-state index contributed by atoms with van der Waals surface area (Å²) in [4.78, 5) is 0.